The van der Waals surface area contributed by atoms with Crippen LogP contribution < -0.4 is 0 Å². The van der Waals surface area contributed by atoms with Gasteiger partial charge in [0.2, 0.25) is 0 Å². The van der Waals surface area contributed by atoms with Crippen LogP contribution in [-0.2, 0) is 14.3 Å². The zero-order valence-corrected chi connectivity index (χ0v) is 10.3. The highest BCUT2D eigenvalue weighted by atomic mass is 19.2. The Labute approximate surface area is 111 Å². The molecule has 1 rings (SSSR count). The zero-order valence-electron chi connectivity index (χ0n) is 10.3. The van der Waals surface area contributed by atoms with Gasteiger partial charge in [-0.25, -0.2) is 13.2 Å². The molecule has 0 fully saturated rings. The van der Waals surface area contributed by atoms with E-state index in [1.807, 2.05) is 0 Å². The summed E-state index contributed by atoms with van der Waals surface area (Å²) in [5, 5.41) is 18.6. The highest BCUT2D eigenvalue weighted by Crippen LogP contribution is 2.29. The number of benzene rings is 1. The number of carbonyl (C=O) groups is 2. The second kappa shape index (κ2) is 6.38. The molecule has 0 radical (unpaired) electrons. The smallest absolute Gasteiger partial charge is 0.323 e. The second-order valence-electron chi connectivity index (χ2n) is 3.77. The lowest BCUT2D eigenvalue weighted by atomic mass is 9.95. The molecule has 2 atom stereocenters. The van der Waals surface area contributed by atoms with Crippen molar-refractivity contribution in [3.8, 4) is 0 Å². The predicted octanol–water partition coefficient (Wildman–Crippen LogP) is 1.40. The molecule has 0 aromatic heterocycles. The van der Waals surface area contributed by atoms with Gasteiger partial charge in [0.15, 0.2) is 17.6 Å². The summed E-state index contributed by atoms with van der Waals surface area (Å²) >= 11 is 0. The lowest BCUT2D eigenvalue weighted by Gasteiger charge is -2.19. The number of hydrogen-bond acceptors (Lipinski definition) is 4. The average molecular weight is 292 g/mol. The van der Waals surface area contributed by atoms with Crippen LogP contribution in [0.4, 0.5) is 13.2 Å². The van der Waals surface area contributed by atoms with Gasteiger partial charge < -0.3 is 14.9 Å². The van der Waals surface area contributed by atoms with Crippen molar-refractivity contribution in [1.82, 2.24) is 0 Å². The van der Waals surface area contributed by atoms with Crippen LogP contribution in [0.25, 0.3) is 0 Å². The van der Waals surface area contributed by atoms with E-state index in [4.69, 9.17) is 5.11 Å². The summed E-state index contributed by atoms with van der Waals surface area (Å²) in [5.41, 5.74) is -1.23. The molecular weight excluding hydrogens is 281 g/mol. The molecule has 0 aliphatic heterocycles. The Hall–Kier alpha value is -2.09. The Bertz CT molecular complexity index is 532. The van der Waals surface area contributed by atoms with Crippen LogP contribution in [0.3, 0.4) is 0 Å². The largest absolute Gasteiger partial charge is 0.481 e. The van der Waals surface area contributed by atoms with Crippen molar-refractivity contribution in [3.05, 3.63) is 35.1 Å². The van der Waals surface area contributed by atoms with E-state index in [0.717, 1.165) is 0 Å². The van der Waals surface area contributed by atoms with Crippen LogP contribution in [0, 0.1) is 23.4 Å². The molecule has 0 aliphatic rings. The van der Waals surface area contributed by atoms with Crippen LogP contribution in [0.1, 0.15) is 18.6 Å². The first-order chi connectivity index (χ1) is 9.31. The van der Waals surface area contributed by atoms with Crippen LogP contribution in [0.15, 0.2) is 12.1 Å². The first kappa shape index (κ1) is 16.0. The van der Waals surface area contributed by atoms with Gasteiger partial charge in [0.25, 0.3) is 0 Å². The van der Waals surface area contributed by atoms with E-state index in [1.165, 1.54) is 6.92 Å². The third kappa shape index (κ3) is 3.08. The van der Waals surface area contributed by atoms with Crippen molar-refractivity contribution >= 4 is 11.9 Å². The molecule has 0 heterocycles. The Morgan fingerprint density at radius 2 is 1.80 bits per heavy atom. The Morgan fingerprint density at radius 1 is 1.25 bits per heavy atom. The number of esters is 1. The molecule has 0 saturated carbocycles. The van der Waals surface area contributed by atoms with Crippen molar-refractivity contribution in [2.75, 3.05) is 6.61 Å². The molecule has 1 aromatic rings. The quantitative estimate of drug-likeness (QED) is 0.487. The summed E-state index contributed by atoms with van der Waals surface area (Å²) in [5.74, 6) is -10.1. The number of carboxylic acids is 1. The first-order valence-electron chi connectivity index (χ1n) is 5.52. The van der Waals surface area contributed by atoms with Gasteiger partial charge in [0.05, 0.1) is 12.2 Å². The maximum atomic E-state index is 13.5. The van der Waals surface area contributed by atoms with E-state index in [-0.39, 0.29) is 6.61 Å². The predicted molar refractivity (Wildman–Crippen MR) is 59.0 cm³/mol. The molecule has 2 unspecified atom stereocenters. The summed E-state index contributed by atoms with van der Waals surface area (Å²) in [6.07, 6.45) is -2.41. The normalized spacial score (nSPS) is 13.7. The lowest BCUT2D eigenvalue weighted by Crippen LogP contribution is -2.32. The number of carboxylic acid groups (broad SMARTS) is 1. The Balaban J connectivity index is 3.26. The minimum atomic E-state index is -2.41. The summed E-state index contributed by atoms with van der Waals surface area (Å²) in [7, 11) is 0. The molecule has 0 spiro atoms. The molecule has 8 heteroatoms. The summed E-state index contributed by atoms with van der Waals surface area (Å²) in [6.45, 7) is 1.19. The maximum absolute atomic E-state index is 13.5. The van der Waals surface area contributed by atoms with E-state index in [1.54, 1.807) is 0 Å². The van der Waals surface area contributed by atoms with Gasteiger partial charge in [-0.1, -0.05) is 0 Å². The number of aliphatic hydroxyl groups is 1. The molecule has 2 N–H and O–H groups in total. The van der Waals surface area contributed by atoms with Gasteiger partial charge in [-0.2, -0.15) is 0 Å². The van der Waals surface area contributed by atoms with E-state index < -0.39 is 47.0 Å². The highest BCUT2D eigenvalue weighted by Gasteiger charge is 2.39. The molecular formula is C12H11F3O5. The maximum Gasteiger partial charge on any atom is 0.323 e. The van der Waals surface area contributed by atoms with Crippen LogP contribution in [0.2, 0.25) is 0 Å². The Kier molecular flexibility index (Phi) is 5.09. The summed E-state index contributed by atoms with van der Waals surface area (Å²) < 4.78 is 44.3. The van der Waals surface area contributed by atoms with Gasteiger partial charge in [-0.3, -0.25) is 9.59 Å². The van der Waals surface area contributed by atoms with Crippen molar-refractivity contribution < 1.29 is 37.7 Å². The fourth-order valence-corrected chi connectivity index (χ4v) is 1.58. The third-order valence-electron chi connectivity index (χ3n) is 2.50. The van der Waals surface area contributed by atoms with E-state index in [9.17, 15) is 27.9 Å². The van der Waals surface area contributed by atoms with E-state index in [0.29, 0.717) is 12.1 Å². The van der Waals surface area contributed by atoms with Gasteiger partial charge in [0, 0.05) is 0 Å². The fraction of sp³-hybridized carbons (Fsp3) is 0.333. The van der Waals surface area contributed by atoms with Crippen molar-refractivity contribution in [2.24, 2.45) is 5.92 Å². The minimum absolute atomic E-state index is 0.191. The molecule has 0 saturated heterocycles. The van der Waals surface area contributed by atoms with Crippen LogP contribution in [-0.4, -0.2) is 28.8 Å². The minimum Gasteiger partial charge on any atom is -0.481 e. The number of aliphatic carboxylic acids is 1. The lowest BCUT2D eigenvalue weighted by molar-refractivity contribution is -0.164. The molecule has 0 aliphatic carbocycles. The molecule has 0 bridgehead atoms. The number of rotatable bonds is 5. The molecule has 5 nitrogen and oxygen atoms in total. The van der Waals surface area contributed by atoms with Crippen molar-refractivity contribution in [2.45, 2.75) is 13.0 Å². The zero-order chi connectivity index (χ0) is 15.4. The van der Waals surface area contributed by atoms with Gasteiger partial charge in [0.1, 0.15) is 11.9 Å². The number of carbonyl (C=O) groups excluding carboxylic acids is 1. The van der Waals surface area contributed by atoms with Crippen LogP contribution in [0.5, 0.6) is 0 Å². The monoisotopic (exact) mass is 292 g/mol. The van der Waals surface area contributed by atoms with Crippen molar-refractivity contribution in [3.63, 3.8) is 0 Å². The fourth-order valence-electron chi connectivity index (χ4n) is 1.58. The topological polar surface area (TPSA) is 83.8 Å². The van der Waals surface area contributed by atoms with Gasteiger partial charge >= 0.3 is 11.9 Å². The SMILES string of the molecule is CCOC(=O)C(C(=O)O)C(O)c1c(F)ccc(F)c1F. The number of ether oxygens (including phenoxy) is 1. The molecule has 110 valence electrons. The van der Waals surface area contributed by atoms with E-state index in [2.05, 4.69) is 4.74 Å². The van der Waals surface area contributed by atoms with E-state index >= 15 is 0 Å². The van der Waals surface area contributed by atoms with Crippen molar-refractivity contribution in [1.29, 1.82) is 0 Å². The standard InChI is InChI=1S/C12H11F3O5/c1-2-20-12(19)8(11(17)18)10(16)7-5(13)3-4-6(14)9(7)15/h3-4,8,10,16H,2H2,1H3,(H,17,18). The highest BCUT2D eigenvalue weighted by molar-refractivity contribution is 5.94. The molecule has 20 heavy (non-hydrogen) atoms. The average Bonchev–Trinajstić information content (AvgIpc) is 2.34. The summed E-state index contributed by atoms with van der Waals surface area (Å²) in [4.78, 5) is 22.3. The second-order valence-corrected chi connectivity index (χ2v) is 3.77. The number of halogens is 3. The third-order valence-corrected chi connectivity index (χ3v) is 2.50. The Morgan fingerprint density at radius 3 is 2.30 bits per heavy atom. The molecule has 0 amide bonds. The van der Waals surface area contributed by atoms with Gasteiger partial charge in [-0.15, -0.1) is 0 Å². The number of hydrogen-bond donors (Lipinski definition) is 2. The first-order valence-corrected chi connectivity index (χ1v) is 5.52. The summed E-state index contributed by atoms with van der Waals surface area (Å²) in [6, 6.07) is 0.988. The molecule has 1 aromatic carbocycles. The van der Waals surface area contributed by atoms with Crippen LogP contribution >= 0.6 is 0 Å². The number of aliphatic hydroxyl groups excluding tert-OH is 1. The van der Waals surface area contributed by atoms with Gasteiger partial charge in [-0.05, 0) is 19.1 Å².